The van der Waals surface area contributed by atoms with Crippen molar-refractivity contribution < 1.29 is 0 Å². The minimum absolute atomic E-state index is 0.243. The molecule has 1 aliphatic rings. The molecule has 0 amide bonds. The lowest BCUT2D eigenvalue weighted by Crippen LogP contribution is -2.41. The molecule has 1 aliphatic heterocycles. The van der Waals surface area contributed by atoms with Crippen molar-refractivity contribution in [3.05, 3.63) is 23.9 Å². The van der Waals surface area contributed by atoms with E-state index in [2.05, 4.69) is 24.8 Å². The summed E-state index contributed by atoms with van der Waals surface area (Å²) in [5, 5.41) is 0. The summed E-state index contributed by atoms with van der Waals surface area (Å²) in [7, 11) is 0. The van der Waals surface area contributed by atoms with Crippen LogP contribution in [0, 0.1) is 0 Å². The van der Waals surface area contributed by atoms with Crippen molar-refractivity contribution in [1.82, 2.24) is 4.98 Å². The quantitative estimate of drug-likeness (QED) is 0.863. The van der Waals surface area contributed by atoms with Gasteiger partial charge in [0.1, 0.15) is 5.82 Å². The van der Waals surface area contributed by atoms with Gasteiger partial charge in [-0.3, -0.25) is 0 Å². The van der Waals surface area contributed by atoms with Gasteiger partial charge in [0.05, 0.1) is 0 Å². The van der Waals surface area contributed by atoms with Crippen LogP contribution in [0.3, 0.4) is 0 Å². The number of anilines is 1. The third-order valence-electron chi connectivity index (χ3n) is 4.40. The van der Waals surface area contributed by atoms with Gasteiger partial charge in [-0.1, -0.05) is 26.3 Å². The molecule has 0 aromatic carbocycles. The molecule has 1 aromatic rings. The smallest absolute Gasteiger partial charge is 0.132 e. The average Bonchev–Trinajstić information content (AvgIpc) is 2.49. The maximum Gasteiger partial charge on any atom is 0.132 e. The first-order chi connectivity index (χ1) is 9.76. The monoisotopic (exact) mass is 275 g/mol. The number of hydrogen-bond donors (Lipinski definition) is 1. The fourth-order valence-corrected chi connectivity index (χ4v) is 3.19. The molecule has 2 atom stereocenters. The van der Waals surface area contributed by atoms with Gasteiger partial charge in [-0.05, 0) is 50.2 Å². The number of nitrogens with zero attached hydrogens (tertiary/aromatic N) is 2. The predicted molar refractivity (Wildman–Crippen MR) is 86.1 cm³/mol. The summed E-state index contributed by atoms with van der Waals surface area (Å²) in [6.45, 7) is 5.58. The number of rotatable bonds is 6. The van der Waals surface area contributed by atoms with E-state index in [9.17, 15) is 0 Å². The standard InChI is InChI=1S/C17H29N3/c1-3-8-16-10-5-6-12-20(16)17-14(9-7-11-19-17)13-15(18)4-2/h7,9,11,15-16H,3-6,8,10,12-13,18H2,1-2H3. The Kier molecular flexibility index (Phi) is 5.84. The molecule has 1 aromatic heterocycles. The van der Waals surface area contributed by atoms with E-state index in [1.54, 1.807) is 0 Å². The number of pyridine rings is 1. The minimum atomic E-state index is 0.243. The van der Waals surface area contributed by atoms with Crippen LogP contribution in [0.4, 0.5) is 5.82 Å². The molecule has 112 valence electrons. The number of hydrogen-bond acceptors (Lipinski definition) is 3. The Morgan fingerprint density at radius 1 is 1.40 bits per heavy atom. The second-order valence-electron chi connectivity index (χ2n) is 5.99. The van der Waals surface area contributed by atoms with Gasteiger partial charge >= 0.3 is 0 Å². The molecule has 2 rings (SSSR count). The zero-order valence-electron chi connectivity index (χ0n) is 13.0. The molecule has 0 radical (unpaired) electrons. The van der Waals surface area contributed by atoms with E-state index < -0.39 is 0 Å². The van der Waals surface area contributed by atoms with Crippen molar-refractivity contribution in [2.75, 3.05) is 11.4 Å². The highest BCUT2D eigenvalue weighted by atomic mass is 15.2. The van der Waals surface area contributed by atoms with E-state index in [0.717, 1.165) is 19.4 Å². The lowest BCUT2D eigenvalue weighted by molar-refractivity contribution is 0.430. The molecule has 0 spiro atoms. The van der Waals surface area contributed by atoms with Gasteiger partial charge < -0.3 is 10.6 Å². The van der Waals surface area contributed by atoms with Crippen LogP contribution in [0.25, 0.3) is 0 Å². The second kappa shape index (κ2) is 7.63. The van der Waals surface area contributed by atoms with Gasteiger partial charge in [0.15, 0.2) is 0 Å². The maximum atomic E-state index is 6.15. The van der Waals surface area contributed by atoms with Crippen LogP contribution < -0.4 is 10.6 Å². The summed E-state index contributed by atoms with van der Waals surface area (Å²) in [5.74, 6) is 1.19. The van der Waals surface area contributed by atoms with Crippen LogP contribution in [-0.4, -0.2) is 23.6 Å². The van der Waals surface area contributed by atoms with E-state index in [-0.39, 0.29) is 6.04 Å². The van der Waals surface area contributed by atoms with Crippen LogP contribution in [0.5, 0.6) is 0 Å². The lowest BCUT2D eigenvalue weighted by atomic mass is 9.96. The van der Waals surface area contributed by atoms with Gasteiger partial charge in [0, 0.05) is 24.8 Å². The van der Waals surface area contributed by atoms with Gasteiger partial charge in [-0.15, -0.1) is 0 Å². The van der Waals surface area contributed by atoms with Crippen LogP contribution >= 0.6 is 0 Å². The van der Waals surface area contributed by atoms with Gasteiger partial charge in [-0.2, -0.15) is 0 Å². The normalized spacial score (nSPS) is 20.9. The lowest BCUT2D eigenvalue weighted by Gasteiger charge is -2.38. The SMILES string of the molecule is CCCC1CCCCN1c1ncccc1CC(N)CC. The highest BCUT2D eigenvalue weighted by Crippen LogP contribution is 2.28. The molecule has 2 unspecified atom stereocenters. The first kappa shape index (κ1) is 15.3. The summed E-state index contributed by atoms with van der Waals surface area (Å²) in [6.07, 6.45) is 10.4. The molecule has 3 heteroatoms. The first-order valence-corrected chi connectivity index (χ1v) is 8.22. The fraction of sp³-hybridized carbons (Fsp3) is 0.706. The van der Waals surface area contributed by atoms with Crippen molar-refractivity contribution >= 4 is 5.82 Å². The molecule has 3 nitrogen and oxygen atoms in total. The Bertz CT molecular complexity index is 403. The average molecular weight is 275 g/mol. The van der Waals surface area contributed by atoms with Crippen LogP contribution in [0.1, 0.15) is 57.9 Å². The third kappa shape index (κ3) is 3.72. The Morgan fingerprint density at radius 3 is 3.00 bits per heavy atom. The van der Waals surface area contributed by atoms with Crippen molar-refractivity contribution in [2.45, 2.75) is 70.9 Å². The maximum absolute atomic E-state index is 6.15. The van der Waals surface area contributed by atoms with E-state index in [4.69, 9.17) is 10.7 Å². The molecule has 2 heterocycles. The van der Waals surface area contributed by atoms with Crippen LogP contribution in [0.15, 0.2) is 18.3 Å². The summed E-state index contributed by atoms with van der Waals surface area (Å²) in [6, 6.07) is 5.16. The van der Waals surface area contributed by atoms with E-state index >= 15 is 0 Å². The minimum Gasteiger partial charge on any atom is -0.353 e. The van der Waals surface area contributed by atoms with Gasteiger partial charge in [-0.25, -0.2) is 4.98 Å². The topological polar surface area (TPSA) is 42.2 Å². The first-order valence-electron chi connectivity index (χ1n) is 8.22. The predicted octanol–water partition coefficient (Wildman–Crippen LogP) is 3.52. The zero-order valence-corrected chi connectivity index (χ0v) is 13.0. The number of nitrogens with two attached hydrogens (primary N) is 1. The molecular formula is C17H29N3. The highest BCUT2D eigenvalue weighted by molar-refractivity contribution is 5.48. The highest BCUT2D eigenvalue weighted by Gasteiger charge is 2.24. The van der Waals surface area contributed by atoms with Crippen LogP contribution in [-0.2, 0) is 6.42 Å². The van der Waals surface area contributed by atoms with E-state index in [0.29, 0.717) is 6.04 Å². The number of aromatic nitrogens is 1. The Hall–Kier alpha value is -1.09. The van der Waals surface area contributed by atoms with Crippen molar-refractivity contribution in [3.63, 3.8) is 0 Å². The van der Waals surface area contributed by atoms with Crippen molar-refractivity contribution in [1.29, 1.82) is 0 Å². The molecule has 0 saturated carbocycles. The number of piperidine rings is 1. The van der Waals surface area contributed by atoms with Crippen molar-refractivity contribution in [2.24, 2.45) is 5.73 Å². The third-order valence-corrected chi connectivity index (χ3v) is 4.40. The fourth-order valence-electron chi connectivity index (χ4n) is 3.19. The molecule has 1 fully saturated rings. The van der Waals surface area contributed by atoms with Gasteiger partial charge in [0.2, 0.25) is 0 Å². The van der Waals surface area contributed by atoms with E-state index in [1.165, 1.54) is 43.5 Å². The molecule has 2 N–H and O–H groups in total. The Balaban J connectivity index is 2.20. The largest absolute Gasteiger partial charge is 0.353 e. The summed E-state index contributed by atoms with van der Waals surface area (Å²) in [4.78, 5) is 7.24. The molecule has 1 saturated heterocycles. The summed E-state index contributed by atoms with van der Waals surface area (Å²) < 4.78 is 0. The summed E-state index contributed by atoms with van der Waals surface area (Å²) in [5.41, 5.74) is 7.47. The van der Waals surface area contributed by atoms with Crippen molar-refractivity contribution in [3.8, 4) is 0 Å². The molecular weight excluding hydrogens is 246 g/mol. The molecule has 0 aliphatic carbocycles. The Morgan fingerprint density at radius 2 is 2.25 bits per heavy atom. The zero-order chi connectivity index (χ0) is 14.4. The van der Waals surface area contributed by atoms with E-state index in [1.807, 2.05) is 12.3 Å². The Labute approximate surface area is 123 Å². The van der Waals surface area contributed by atoms with Crippen LogP contribution in [0.2, 0.25) is 0 Å². The van der Waals surface area contributed by atoms with Gasteiger partial charge in [0.25, 0.3) is 0 Å². The summed E-state index contributed by atoms with van der Waals surface area (Å²) >= 11 is 0. The molecule has 20 heavy (non-hydrogen) atoms. The second-order valence-corrected chi connectivity index (χ2v) is 5.99. The molecule has 0 bridgehead atoms.